The van der Waals surface area contributed by atoms with Crippen molar-refractivity contribution in [2.24, 2.45) is 5.73 Å². The van der Waals surface area contributed by atoms with Crippen LogP contribution in [0.1, 0.15) is 31.9 Å². The van der Waals surface area contributed by atoms with Gasteiger partial charge in [-0.1, -0.05) is 13.0 Å². The number of ether oxygens (including phenoxy) is 1. The van der Waals surface area contributed by atoms with E-state index < -0.39 is 15.7 Å². The highest BCUT2D eigenvalue weighted by Crippen LogP contribution is 2.24. The van der Waals surface area contributed by atoms with Gasteiger partial charge in [0.2, 0.25) is 0 Å². The average Bonchev–Trinajstić information content (AvgIpc) is 2.34. The lowest BCUT2D eigenvalue weighted by molar-refractivity contribution is 0.311. The van der Waals surface area contributed by atoms with Gasteiger partial charge in [0.05, 0.1) is 12.4 Å². The van der Waals surface area contributed by atoms with Crippen molar-refractivity contribution in [1.82, 2.24) is 0 Å². The molecule has 0 aliphatic heterocycles. The molecule has 1 aromatic carbocycles. The van der Waals surface area contributed by atoms with Crippen LogP contribution in [0, 0.1) is 5.82 Å². The largest absolute Gasteiger partial charge is 0.493 e. The number of halogens is 1. The highest BCUT2D eigenvalue weighted by atomic mass is 32.2. The minimum atomic E-state index is -2.99. The Hall–Kier alpha value is -1.14. The van der Waals surface area contributed by atoms with Gasteiger partial charge >= 0.3 is 0 Å². The van der Waals surface area contributed by atoms with Crippen LogP contribution in [0.15, 0.2) is 18.2 Å². The summed E-state index contributed by atoms with van der Waals surface area (Å²) < 4.78 is 41.2. The second-order valence-corrected chi connectivity index (χ2v) is 6.88. The summed E-state index contributed by atoms with van der Waals surface area (Å²) in [7, 11) is -2.99. The van der Waals surface area contributed by atoms with Crippen LogP contribution in [0.4, 0.5) is 4.39 Å². The van der Waals surface area contributed by atoms with E-state index in [0.29, 0.717) is 17.7 Å². The van der Waals surface area contributed by atoms with E-state index in [2.05, 4.69) is 0 Å². The molecular weight excluding hydrogens is 269 g/mol. The molecule has 0 aliphatic rings. The molecule has 0 bridgehead atoms. The maximum Gasteiger partial charge on any atom is 0.150 e. The van der Waals surface area contributed by atoms with Crippen molar-refractivity contribution in [2.45, 2.75) is 26.3 Å². The number of hydrogen-bond donors (Lipinski definition) is 1. The van der Waals surface area contributed by atoms with E-state index in [1.165, 1.54) is 12.1 Å². The molecule has 0 aromatic heterocycles. The molecule has 0 saturated carbocycles. The van der Waals surface area contributed by atoms with Gasteiger partial charge in [-0.3, -0.25) is 0 Å². The second-order valence-electron chi connectivity index (χ2n) is 4.41. The normalized spacial score (nSPS) is 13.3. The Labute approximate surface area is 113 Å². The molecule has 1 aromatic rings. The van der Waals surface area contributed by atoms with Crippen LogP contribution >= 0.6 is 0 Å². The van der Waals surface area contributed by atoms with Crippen molar-refractivity contribution in [3.8, 4) is 5.75 Å². The molecule has 6 heteroatoms. The molecule has 0 saturated heterocycles. The summed E-state index contributed by atoms with van der Waals surface area (Å²) in [5.41, 5.74) is 6.47. The van der Waals surface area contributed by atoms with Crippen molar-refractivity contribution in [3.05, 3.63) is 29.6 Å². The molecule has 108 valence electrons. The van der Waals surface area contributed by atoms with Gasteiger partial charge in [-0.2, -0.15) is 0 Å². The standard InChI is InChI=1S/C13H20FNO3S/c1-3-19(16,17)8-4-7-18-13-9-11(14)5-6-12(13)10(2)15/h5-6,9-10H,3-4,7-8,15H2,1-2H3. The Morgan fingerprint density at radius 1 is 1.42 bits per heavy atom. The fourth-order valence-electron chi connectivity index (χ4n) is 1.61. The Kier molecular flexibility index (Phi) is 5.75. The summed E-state index contributed by atoms with van der Waals surface area (Å²) in [5.74, 6) is 0.175. The molecule has 0 aliphatic carbocycles. The molecule has 0 radical (unpaired) electrons. The molecule has 0 amide bonds. The van der Waals surface area contributed by atoms with Crippen LogP contribution in [0.5, 0.6) is 5.75 Å². The first kappa shape index (κ1) is 15.9. The predicted octanol–water partition coefficient (Wildman–Crippen LogP) is 2.05. The summed E-state index contributed by atoms with van der Waals surface area (Å²) in [5, 5.41) is 0. The molecule has 19 heavy (non-hydrogen) atoms. The van der Waals surface area contributed by atoms with E-state index >= 15 is 0 Å². The lowest BCUT2D eigenvalue weighted by Crippen LogP contribution is -2.13. The number of hydrogen-bond acceptors (Lipinski definition) is 4. The average molecular weight is 289 g/mol. The number of nitrogens with two attached hydrogens (primary N) is 1. The minimum Gasteiger partial charge on any atom is -0.493 e. The Morgan fingerprint density at radius 3 is 2.68 bits per heavy atom. The molecule has 0 fully saturated rings. The van der Waals surface area contributed by atoms with E-state index in [-0.39, 0.29) is 24.2 Å². The van der Waals surface area contributed by atoms with E-state index in [4.69, 9.17) is 10.5 Å². The van der Waals surface area contributed by atoms with E-state index in [1.54, 1.807) is 19.9 Å². The predicted molar refractivity (Wildman–Crippen MR) is 73.4 cm³/mol. The SMILES string of the molecule is CCS(=O)(=O)CCCOc1cc(F)ccc1C(C)N. The lowest BCUT2D eigenvalue weighted by Gasteiger charge is -2.14. The van der Waals surface area contributed by atoms with Crippen molar-refractivity contribution >= 4 is 9.84 Å². The van der Waals surface area contributed by atoms with Gasteiger partial charge < -0.3 is 10.5 Å². The van der Waals surface area contributed by atoms with Gasteiger partial charge in [-0.15, -0.1) is 0 Å². The van der Waals surface area contributed by atoms with Gasteiger partial charge in [-0.05, 0) is 19.4 Å². The van der Waals surface area contributed by atoms with Gasteiger partial charge in [-0.25, -0.2) is 12.8 Å². The first-order valence-electron chi connectivity index (χ1n) is 6.24. The zero-order valence-corrected chi connectivity index (χ0v) is 12.0. The van der Waals surface area contributed by atoms with Crippen molar-refractivity contribution < 1.29 is 17.5 Å². The van der Waals surface area contributed by atoms with Crippen LogP contribution in [0.25, 0.3) is 0 Å². The number of sulfone groups is 1. The first-order chi connectivity index (χ1) is 8.85. The molecular formula is C13H20FNO3S. The molecule has 1 atom stereocenters. The topological polar surface area (TPSA) is 69.4 Å². The number of benzene rings is 1. The van der Waals surface area contributed by atoms with Crippen LogP contribution < -0.4 is 10.5 Å². The van der Waals surface area contributed by atoms with Crippen LogP contribution in [0.3, 0.4) is 0 Å². The molecule has 1 unspecified atom stereocenters. The fourth-order valence-corrected chi connectivity index (χ4v) is 2.46. The highest BCUT2D eigenvalue weighted by molar-refractivity contribution is 7.91. The quantitative estimate of drug-likeness (QED) is 0.780. The van der Waals surface area contributed by atoms with Gasteiger partial charge in [0.1, 0.15) is 21.4 Å². The third kappa shape index (κ3) is 5.16. The summed E-state index contributed by atoms with van der Waals surface area (Å²) in [4.78, 5) is 0. The van der Waals surface area contributed by atoms with Crippen molar-refractivity contribution in [2.75, 3.05) is 18.1 Å². The molecule has 2 N–H and O–H groups in total. The van der Waals surface area contributed by atoms with E-state index in [0.717, 1.165) is 0 Å². The number of rotatable bonds is 7. The Bertz CT molecular complexity index is 515. The maximum absolute atomic E-state index is 13.1. The lowest BCUT2D eigenvalue weighted by atomic mass is 10.1. The van der Waals surface area contributed by atoms with Crippen molar-refractivity contribution in [3.63, 3.8) is 0 Å². The third-order valence-corrected chi connectivity index (χ3v) is 4.55. The summed E-state index contributed by atoms with van der Waals surface area (Å²) in [6.07, 6.45) is 0.380. The second kappa shape index (κ2) is 6.86. The van der Waals surface area contributed by atoms with Crippen LogP contribution in [-0.4, -0.2) is 26.5 Å². The zero-order valence-electron chi connectivity index (χ0n) is 11.2. The Morgan fingerprint density at radius 2 is 2.11 bits per heavy atom. The molecule has 0 spiro atoms. The molecule has 4 nitrogen and oxygen atoms in total. The smallest absolute Gasteiger partial charge is 0.150 e. The minimum absolute atomic E-state index is 0.0757. The van der Waals surface area contributed by atoms with Gasteiger partial charge in [0.15, 0.2) is 0 Å². The van der Waals surface area contributed by atoms with Crippen LogP contribution in [-0.2, 0) is 9.84 Å². The summed E-state index contributed by atoms with van der Waals surface area (Å²) in [6, 6.07) is 3.91. The monoisotopic (exact) mass is 289 g/mol. The maximum atomic E-state index is 13.1. The highest BCUT2D eigenvalue weighted by Gasteiger charge is 2.11. The molecule has 1 rings (SSSR count). The van der Waals surface area contributed by atoms with Crippen LogP contribution in [0.2, 0.25) is 0 Å². The van der Waals surface area contributed by atoms with Gasteiger partial charge in [0.25, 0.3) is 0 Å². The van der Waals surface area contributed by atoms with Gasteiger partial charge in [0, 0.05) is 23.4 Å². The fraction of sp³-hybridized carbons (Fsp3) is 0.538. The van der Waals surface area contributed by atoms with E-state index in [9.17, 15) is 12.8 Å². The first-order valence-corrected chi connectivity index (χ1v) is 8.06. The Balaban J connectivity index is 2.60. The summed E-state index contributed by atoms with van der Waals surface area (Å²) in [6.45, 7) is 3.61. The molecule has 0 heterocycles. The van der Waals surface area contributed by atoms with E-state index in [1.807, 2.05) is 0 Å². The third-order valence-electron chi connectivity index (χ3n) is 2.76. The zero-order chi connectivity index (χ0) is 14.5. The van der Waals surface area contributed by atoms with Crippen molar-refractivity contribution in [1.29, 1.82) is 0 Å². The summed E-state index contributed by atoms with van der Waals surface area (Å²) >= 11 is 0.